The first kappa shape index (κ1) is 12.2. The van der Waals surface area contributed by atoms with Gasteiger partial charge in [0.15, 0.2) is 5.76 Å². The molecule has 2 N–H and O–H groups in total. The summed E-state index contributed by atoms with van der Waals surface area (Å²) in [6, 6.07) is 13.4. The molecule has 0 fully saturated rings. The molecule has 2 aromatic heterocycles. The molecule has 0 aliphatic carbocycles. The van der Waals surface area contributed by atoms with Gasteiger partial charge in [-0.1, -0.05) is 25.1 Å². The molecular weight excluding hydrogens is 250 g/mol. The highest BCUT2D eigenvalue weighted by Crippen LogP contribution is 2.33. The second kappa shape index (κ2) is 4.71. The van der Waals surface area contributed by atoms with E-state index in [0.717, 1.165) is 28.7 Å². The number of aromatic nitrogens is 1. The van der Waals surface area contributed by atoms with Crippen LogP contribution in [0.5, 0.6) is 0 Å². The number of pyridine rings is 1. The normalized spacial score (nSPS) is 10.6. The van der Waals surface area contributed by atoms with Crippen LogP contribution in [0.25, 0.3) is 22.4 Å². The van der Waals surface area contributed by atoms with Crippen molar-refractivity contribution in [2.75, 3.05) is 5.73 Å². The Kier molecular flexibility index (Phi) is 2.88. The van der Waals surface area contributed by atoms with Gasteiger partial charge >= 0.3 is 0 Å². The van der Waals surface area contributed by atoms with E-state index >= 15 is 0 Å². The Morgan fingerprint density at radius 3 is 2.75 bits per heavy atom. The molecule has 4 nitrogen and oxygen atoms in total. The van der Waals surface area contributed by atoms with Crippen molar-refractivity contribution in [3.63, 3.8) is 0 Å². The molecule has 0 atom stereocenters. The fraction of sp³-hybridized carbons (Fsp3) is 0.125. The number of hydrogen-bond donors (Lipinski definition) is 1. The van der Waals surface area contributed by atoms with Gasteiger partial charge in [0.1, 0.15) is 23.2 Å². The number of nitrogens with two attached hydrogens (primary N) is 1. The van der Waals surface area contributed by atoms with Crippen LogP contribution in [-0.4, -0.2) is 4.98 Å². The number of nitrogen functional groups attached to an aromatic ring is 1. The van der Waals surface area contributed by atoms with Crippen molar-refractivity contribution in [3.8, 4) is 17.5 Å². The van der Waals surface area contributed by atoms with Gasteiger partial charge < -0.3 is 10.2 Å². The molecule has 20 heavy (non-hydrogen) atoms. The van der Waals surface area contributed by atoms with E-state index in [1.807, 2.05) is 30.3 Å². The summed E-state index contributed by atoms with van der Waals surface area (Å²) in [4.78, 5) is 4.28. The summed E-state index contributed by atoms with van der Waals surface area (Å²) in [7, 11) is 0. The molecule has 0 radical (unpaired) electrons. The minimum atomic E-state index is 0.229. The van der Waals surface area contributed by atoms with Crippen molar-refractivity contribution in [3.05, 3.63) is 47.5 Å². The van der Waals surface area contributed by atoms with E-state index in [1.165, 1.54) is 0 Å². The lowest BCUT2D eigenvalue weighted by Crippen LogP contribution is -1.96. The Hall–Kier alpha value is -2.80. The van der Waals surface area contributed by atoms with E-state index in [2.05, 4.69) is 11.9 Å². The number of furan rings is 1. The standard InChI is InChI=1S/C16H13N3O/c1-2-11-12-5-3-4-6-14(12)20-15(11)13-8-7-10(9-17)16(18)19-13/h3-8H,2H2,1H3,(H2,18,19). The maximum Gasteiger partial charge on any atom is 0.157 e. The number of benzene rings is 1. The monoisotopic (exact) mass is 263 g/mol. The molecule has 98 valence electrons. The topological polar surface area (TPSA) is 75.8 Å². The van der Waals surface area contributed by atoms with E-state index in [-0.39, 0.29) is 5.82 Å². The third kappa shape index (κ3) is 1.81. The van der Waals surface area contributed by atoms with E-state index in [4.69, 9.17) is 15.4 Å². The van der Waals surface area contributed by atoms with Crippen LogP contribution in [-0.2, 0) is 6.42 Å². The van der Waals surface area contributed by atoms with Crippen LogP contribution >= 0.6 is 0 Å². The smallest absolute Gasteiger partial charge is 0.157 e. The zero-order valence-electron chi connectivity index (χ0n) is 11.1. The second-order valence-electron chi connectivity index (χ2n) is 4.50. The molecule has 0 saturated carbocycles. The van der Waals surface area contributed by atoms with Gasteiger partial charge in [-0.3, -0.25) is 0 Å². The van der Waals surface area contributed by atoms with Gasteiger partial charge in [-0.25, -0.2) is 4.98 Å². The van der Waals surface area contributed by atoms with E-state index in [9.17, 15) is 0 Å². The van der Waals surface area contributed by atoms with Gasteiger partial charge in [0, 0.05) is 10.9 Å². The first-order valence-electron chi connectivity index (χ1n) is 6.42. The van der Waals surface area contributed by atoms with Crippen molar-refractivity contribution in [2.45, 2.75) is 13.3 Å². The minimum absolute atomic E-state index is 0.229. The average Bonchev–Trinajstić information content (AvgIpc) is 2.85. The highest BCUT2D eigenvalue weighted by molar-refractivity contribution is 5.87. The zero-order valence-corrected chi connectivity index (χ0v) is 11.1. The van der Waals surface area contributed by atoms with Crippen molar-refractivity contribution >= 4 is 16.8 Å². The molecule has 0 amide bonds. The molecule has 4 heteroatoms. The number of hydrogen-bond acceptors (Lipinski definition) is 4. The number of fused-ring (bicyclic) bond motifs is 1. The lowest BCUT2D eigenvalue weighted by molar-refractivity contribution is 0.624. The van der Waals surface area contributed by atoms with Gasteiger partial charge in [-0.05, 0) is 24.6 Å². The van der Waals surface area contributed by atoms with Crippen LogP contribution < -0.4 is 5.73 Å². The summed E-state index contributed by atoms with van der Waals surface area (Å²) in [6.07, 6.45) is 0.841. The van der Waals surface area contributed by atoms with Gasteiger partial charge in [-0.15, -0.1) is 0 Å². The molecule has 2 heterocycles. The summed E-state index contributed by atoms with van der Waals surface area (Å²) in [5.74, 6) is 0.956. The molecule has 0 saturated heterocycles. The Bertz CT molecular complexity index is 827. The average molecular weight is 263 g/mol. The lowest BCUT2D eigenvalue weighted by atomic mass is 10.1. The van der Waals surface area contributed by atoms with E-state index in [1.54, 1.807) is 12.1 Å². The summed E-state index contributed by atoms with van der Waals surface area (Å²) < 4.78 is 5.90. The van der Waals surface area contributed by atoms with E-state index in [0.29, 0.717) is 11.3 Å². The summed E-state index contributed by atoms with van der Waals surface area (Å²) in [5, 5.41) is 9.99. The molecule has 0 aliphatic rings. The molecule has 0 unspecified atom stereocenters. The van der Waals surface area contributed by atoms with Gasteiger partial charge in [0.05, 0.1) is 5.56 Å². The van der Waals surface area contributed by atoms with Crippen molar-refractivity contribution < 1.29 is 4.42 Å². The van der Waals surface area contributed by atoms with Crippen LogP contribution in [0.1, 0.15) is 18.1 Å². The number of anilines is 1. The molecule has 0 bridgehead atoms. The molecule has 0 spiro atoms. The van der Waals surface area contributed by atoms with Crippen LogP contribution in [0.15, 0.2) is 40.8 Å². The molecule has 0 aliphatic heterocycles. The van der Waals surface area contributed by atoms with Crippen molar-refractivity contribution in [1.29, 1.82) is 5.26 Å². The lowest BCUT2D eigenvalue weighted by Gasteiger charge is -2.02. The third-order valence-electron chi connectivity index (χ3n) is 3.33. The van der Waals surface area contributed by atoms with Gasteiger partial charge in [-0.2, -0.15) is 5.26 Å². The Labute approximate surface area is 116 Å². The first-order valence-corrected chi connectivity index (χ1v) is 6.42. The number of para-hydroxylation sites is 1. The SMILES string of the molecule is CCc1c(-c2ccc(C#N)c(N)n2)oc2ccccc12. The molecule has 3 aromatic rings. The number of aryl methyl sites for hydroxylation is 1. The predicted octanol–water partition coefficient (Wildman–Crippen LogP) is 3.51. The summed E-state index contributed by atoms with van der Waals surface area (Å²) in [5.41, 5.74) is 8.76. The fourth-order valence-electron chi connectivity index (χ4n) is 2.35. The van der Waals surface area contributed by atoms with Gasteiger partial charge in [0.25, 0.3) is 0 Å². The maximum atomic E-state index is 8.90. The van der Waals surface area contributed by atoms with Crippen LogP contribution in [0.2, 0.25) is 0 Å². The maximum absolute atomic E-state index is 8.90. The van der Waals surface area contributed by atoms with Crippen LogP contribution in [0, 0.1) is 11.3 Å². The van der Waals surface area contributed by atoms with Crippen molar-refractivity contribution in [2.24, 2.45) is 0 Å². The highest BCUT2D eigenvalue weighted by Gasteiger charge is 2.16. The summed E-state index contributed by atoms with van der Waals surface area (Å²) >= 11 is 0. The fourth-order valence-corrected chi connectivity index (χ4v) is 2.35. The van der Waals surface area contributed by atoms with Crippen LogP contribution in [0.3, 0.4) is 0 Å². The number of nitrogens with zero attached hydrogens (tertiary/aromatic N) is 2. The highest BCUT2D eigenvalue weighted by atomic mass is 16.3. The molecule has 1 aromatic carbocycles. The largest absolute Gasteiger partial charge is 0.454 e. The second-order valence-corrected chi connectivity index (χ2v) is 4.50. The number of rotatable bonds is 2. The molecule has 3 rings (SSSR count). The quantitative estimate of drug-likeness (QED) is 0.767. The minimum Gasteiger partial charge on any atom is -0.454 e. The van der Waals surface area contributed by atoms with Crippen LogP contribution in [0.4, 0.5) is 5.82 Å². The number of nitriles is 1. The van der Waals surface area contributed by atoms with Gasteiger partial charge in [0.2, 0.25) is 0 Å². The Balaban J connectivity index is 2.24. The predicted molar refractivity (Wildman–Crippen MR) is 78.0 cm³/mol. The zero-order chi connectivity index (χ0) is 14.1. The molecular formula is C16H13N3O. The van der Waals surface area contributed by atoms with E-state index < -0.39 is 0 Å². The Morgan fingerprint density at radius 1 is 1.25 bits per heavy atom. The first-order chi connectivity index (χ1) is 9.74. The van der Waals surface area contributed by atoms with Crippen molar-refractivity contribution in [1.82, 2.24) is 4.98 Å². The Morgan fingerprint density at radius 2 is 2.05 bits per heavy atom. The summed E-state index contributed by atoms with van der Waals surface area (Å²) in [6.45, 7) is 2.08. The third-order valence-corrected chi connectivity index (χ3v) is 3.33.